The number of piperidine rings is 1. The first-order valence-electron chi connectivity index (χ1n) is 9.22. The Balaban J connectivity index is 1.99. The normalized spacial score (nSPS) is 15.5. The Kier molecular flexibility index (Phi) is 6.42. The molecule has 0 saturated carbocycles. The second-order valence-electron chi connectivity index (χ2n) is 7.05. The van der Waals surface area contributed by atoms with Crippen LogP contribution >= 0.6 is 11.6 Å². The van der Waals surface area contributed by atoms with Gasteiger partial charge in [-0.3, -0.25) is 4.72 Å². The van der Waals surface area contributed by atoms with E-state index in [4.69, 9.17) is 11.6 Å². The summed E-state index contributed by atoms with van der Waals surface area (Å²) in [5, 5.41) is -0.0503. The van der Waals surface area contributed by atoms with Gasteiger partial charge in [0.15, 0.2) is 0 Å². The van der Waals surface area contributed by atoms with E-state index in [0.717, 1.165) is 48.4 Å². The molecule has 1 fully saturated rings. The first kappa shape index (κ1) is 21.9. The number of nitrogens with zero attached hydrogens (tertiary/aromatic N) is 2. The Morgan fingerprint density at radius 1 is 0.966 bits per heavy atom. The quantitative estimate of drug-likeness (QED) is 0.718. The van der Waals surface area contributed by atoms with Gasteiger partial charge in [-0.25, -0.2) is 21.1 Å². The van der Waals surface area contributed by atoms with Crippen molar-refractivity contribution in [3.63, 3.8) is 0 Å². The van der Waals surface area contributed by atoms with Crippen LogP contribution in [0.5, 0.6) is 0 Å². The number of nitrogens with one attached hydrogen (secondary N) is 1. The molecule has 1 saturated heterocycles. The van der Waals surface area contributed by atoms with E-state index in [0.29, 0.717) is 5.69 Å². The summed E-state index contributed by atoms with van der Waals surface area (Å²) in [7, 11) is -5.15. The molecule has 0 bridgehead atoms. The fraction of sp³-hybridized carbons (Fsp3) is 0.368. The Bertz CT molecular complexity index is 1100. The second-order valence-corrected chi connectivity index (χ2v) is 11.3. The minimum atomic E-state index is -4.11. The average molecular weight is 458 g/mol. The van der Waals surface area contributed by atoms with Gasteiger partial charge in [-0.1, -0.05) is 23.7 Å². The predicted molar refractivity (Wildman–Crippen MR) is 116 cm³/mol. The molecule has 1 heterocycles. The number of rotatable bonds is 6. The van der Waals surface area contributed by atoms with Gasteiger partial charge >= 0.3 is 0 Å². The monoisotopic (exact) mass is 457 g/mol. The van der Waals surface area contributed by atoms with Gasteiger partial charge in [0.05, 0.1) is 21.3 Å². The van der Waals surface area contributed by atoms with Crippen molar-refractivity contribution in [1.29, 1.82) is 0 Å². The SMILES string of the molecule is CN(C)S(=O)(=O)c1ccc(Cl)c(S(=O)(=O)Nc2ccccc2N2CCCCC2)c1. The number of sulfonamides is 2. The van der Waals surface area contributed by atoms with Gasteiger partial charge in [-0.05, 0) is 49.6 Å². The summed E-state index contributed by atoms with van der Waals surface area (Å²) in [6.45, 7) is 1.71. The molecule has 1 aliphatic heterocycles. The van der Waals surface area contributed by atoms with Crippen LogP contribution in [0, 0.1) is 0 Å². The van der Waals surface area contributed by atoms with Gasteiger partial charge in [0, 0.05) is 27.2 Å². The highest BCUT2D eigenvalue weighted by molar-refractivity contribution is 7.93. The molecular formula is C19H24ClN3O4S2. The number of para-hydroxylation sites is 2. The number of hydrogen-bond acceptors (Lipinski definition) is 5. The van der Waals surface area contributed by atoms with Crippen molar-refractivity contribution in [3.05, 3.63) is 47.5 Å². The van der Waals surface area contributed by atoms with Gasteiger partial charge in [0.1, 0.15) is 4.90 Å². The third kappa shape index (κ3) is 4.69. The first-order valence-corrected chi connectivity index (χ1v) is 12.5. The number of anilines is 2. The summed E-state index contributed by atoms with van der Waals surface area (Å²) in [5.74, 6) is 0. The molecule has 1 aliphatic rings. The predicted octanol–water partition coefficient (Wildman–Crippen LogP) is 3.38. The molecule has 0 aliphatic carbocycles. The van der Waals surface area contributed by atoms with E-state index >= 15 is 0 Å². The van der Waals surface area contributed by atoms with Gasteiger partial charge < -0.3 is 4.90 Å². The lowest BCUT2D eigenvalue weighted by Gasteiger charge is -2.30. The number of hydrogen-bond donors (Lipinski definition) is 1. The summed E-state index contributed by atoms with van der Waals surface area (Å²) in [6, 6.07) is 10.8. The zero-order valence-electron chi connectivity index (χ0n) is 16.3. The molecule has 1 N–H and O–H groups in total. The van der Waals surface area contributed by atoms with Crippen LogP contribution in [0.25, 0.3) is 0 Å². The molecule has 0 atom stereocenters. The molecule has 158 valence electrons. The summed E-state index contributed by atoms with van der Waals surface area (Å²) < 4.78 is 54.6. The van der Waals surface area contributed by atoms with Crippen LogP contribution in [0.4, 0.5) is 11.4 Å². The van der Waals surface area contributed by atoms with Crippen LogP contribution in [0.2, 0.25) is 5.02 Å². The van der Waals surface area contributed by atoms with Crippen molar-refractivity contribution in [3.8, 4) is 0 Å². The smallest absolute Gasteiger partial charge is 0.263 e. The van der Waals surface area contributed by atoms with Crippen molar-refractivity contribution in [2.24, 2.45) is 0 Å². The second kappa shape index (κ2) is 8.51. The molecule has 2 aromatic rings. The maximum absolute atomic E-state index is 13.1. The molecule has 0 radical (unpaired) electrons. The lowest BCUT2D eigenvalue weighted by atomic mass is 10.1. The maximum atomic E-state index is 13.1. The van der Waals surface area contributed by atoms with E-state index in [1.807, 2.05) is 12.1 Å². The molecular weight excluding hydrogens is 434 g/mol. The van der Waals surface area contributed by atoms with E-state index in [1.54, 1.807) is 12.1 Å². The van der Waals surface area contributed by atoms with E-state index in [9.17, 15) is 16.8 Å². The zero-order chi connectivity index (χ0) is 21.2. The summed E-state index contributed by atoms with van der Waals surface area (Å²) in [5.41, 5.74) is 1.23. The molecule has 0 aromatic heterocycles. The molecule has 29 heavy (non-hydrogen) atoms. The fourth-order valence-corrected chi connectivity index (χ4v) is 5.84. The van der Waals surface area contributed by atoms with E-state index in [1.165, 1.54) is 26.2 Å². The third-order valence-electron chi connectivity index (χ3n) is 4.82. The van der Waals surface area contributed by atoms with Crippen LogP contribution in [0.15, 0.2) is 52.3 Å². The molecule has 10 heteroatoms. The maximum Gasteiger partial charge on any atom is 0.263 e. The Morgan fingerprint density at radius 2 is 1.62 bits per heavy atom. The highest BCUT2D eigenvalue weighted by Gasteiger charge is 2.25. The lowest BCUT2D eigenvalue weighted by molar-refractivity contribution is 0.520. The van der Waals surface area contributed by atoms with Gasteiger partial charge in [0.25, 0.3) is 10.0 Å². The van der Waals surface area contributed by atoms with Crippen molar-refractivity contribution in [2.45, 2.75) is 29.1 Å². The molecule has 3 rings (SSSR count). The van der Waals surface area contributed by atoms with E-state index in [-0.39, 0.29) is 14.8 Å². The van der Waals surface area contributed by atoms with Crippen LogP contribution in [-0.4, -0.2) is 48.3 Å². The van der Waals surface area contributed by atoms with Crippen molar-refractivity contribution >= 4 is 43.0 Å². The Morgan fingerprint density at radius 3 is 2.28 bits per heavy atom. The minimum Gasteiger partial charge on any atom is -0.370 e. The van der Waals surface area contributed by atoms with Gasteiger partial charge in [-0.2, -0.15) is 0 Å². The molecule has 0 spiro atoms. The lowest BCUT2D eigenvalue weighted by Crippen LogP contribution is -2.30. The molecule has 7 nitrogen and oxygen atoms in total. The first-order chi connectivity index (χ1) is 13.6. The standard InChI is InChI=1S/C19H24ClN3O4S2/c1-22(2)29(26,27)15-10-11-16(20)19(14-15)28(24,25)21-17-8-4-5-9-18(17)23-12-6-3-7-13-23/h4-5,8-11,14,21H,3,6-7,12-13H2,1-2H3. The number of halogens is 1. The largest absolute Gasteiger partial charge is 0.370 e. The van der Waals surface area contributed by atoms with E-state index in [2.05, 4.69) is 9.62 Å². The summed E-state index contributed by atoms with van der Waals surface area (Å²) >= 11 is 6.13. The van der Waals surface area contributed by atoms with Crippen LogP contribution in [0.1, 0.15) is 19.3 Å². The third-order valence-corrected chi connectivity index (χ3v) is 8.47. The van der Waals surface area contributed by atoms with Crippen molar-refractivity contribution in [2.75, 3.05) is 36.8 Å². The van der Waals surface area contributed by atoms with Crippen molar-refractivity contribution < 1.29 is 16.8 Å². The minimum absolute atomic E-state index is 0.0503. The Hall–Kier alpha value is -1.81. The van der Waals surface area contributed by atoms with E-state index < -0.39 is 20.0 Å². The average Bonchev–Trinajstić information content (AvgIpc) is 2.68. The highest BCUT2D eigenvalue weighted by Crippen LogP contribution is 2.32. The van der Waals surface area contributed by atoms with Gasteiger partial charge in [0.2, 0.25) is 10.0 Å². The Labute approximate surface area is 177 Å². The molecule has 0 unspecified atom stereocenters. The topological polar surface area (TPSA) is 86.8 Å². The van der Waals surface area contributed by atoms with Crippen LogP contribution < -0.4 is 9.62 Å². The summed E-state index contributed by atoms with van der Waals surface area (Å²) in [6.07, 6.45) is 3.27. The highest BCUT2D eigenvalue weighted by atomic mass is 35.5. The van der Waals surface area contributed by atoms with Crippen LogP contribution in [-0.2, 0) is 20.0 Å². The number of benzene rings is 2. The summed E-state index contributed by atoms with van der Waals surface area (Å²) in [4.78, 5) is 1.72. The molecule has 0 amide bonds. The van der Waals surface area contributed by atoms with Gasteiger partial charge in [-0.15, -0.1) is 0 Å². The van der Waals surface area contributed by atoms with Crippen molar-refractivity contribution in [1.82, 2.24) is 4.31 Å². The van der Waals surface area contributed by atoms with Crippen LogP contribution in [0.3, 0.4) is 0 Å². The fourth-order valence-electron chi connectivity index (χ4n) is 3.23. The zero-order valence-corrected chi connectivity index (χ0v) is 18.7. The molecule has 2 aromatic carbocycles.